The van der Waals surface area contributed by atoms with E-state index < -0.39 is 0 Å². The zero-order chi connectivity index (χ0) is 18.1. The smallest absolute Gasteiger partial charge is 0.226 e. The van der Waals surface area contributed by atoms with E-state index in [1.807, 2.05) is 31.4 Å². The molecule has 0 aliphatic heterocycles. The molecule has 0 spiro atoms. The highest BCUT2D eigenvalue weighted by molar-refractivity contribution is 7.15. The maximum Gasteiger partial charge on any atom is 0.226 e. The van der Waals surface area contributed by atoms with E-state index >= 15 is 0 Å². The number of hydrogen-bond donors (Lipinski definition) is 1. The minimum atomic E-state index is -0.0676. The van der Waals surface area contributed by atoms with E-state index in [0.717, 1.165) is 33.3 Å². The number of carbonyl (C=O) groups excluding carboxylic acids is 1. The molecule has 132 valence electrons. The molecular weight excluding hydrogens is 336 g/mol. The third-order valence-electron chi connectivity index (χ3n) is 4.07. The quantitative estimate of drug-likeness (QED) is 0.757. The summed E-state index contributed by atoms with van der Waals surface area (Å²) in [4.78, 5) is 16.8. The van der Waals surface area contributed by atoms with Gasteiger partial charge in [0.1, 0.15) is 5.01 Å². The number of rotatable bonds is 5. The summed E-state index contributed by atoms with van der Waals surface area (Å²) in [7, 11) is 0. The van der Waals surface area contributed by atoms with Crippen LogP contribution in [-0.2, 0) is 11.2 Å². The van der Waals surface area contributed by atoms with Crippen molar-refractivity contribution < 1.29 is 4.79 Å². The second kappa shape index (κ2) is 6.87. The van der Waals surface area contributed by atoms with Gasteiger partial charge in [0, 0.05) is 29.8 Å². The lowest BCUT2D eigenvalue weighted by molar-refractivity contribution is -0.116. The molecule has 0 saturated carbocycles. The van der Waals surface area contributed by atoms with Gasteiger partial charge < -0.3 is 5.32 Å². The van der Waals surface area contributed by atoms with E-state index in [0.29, 0.717) is 23.9 Å². The fourth-order valence-electron chi connectivity index (χ4n) is 2.74. The lowest BCUT2D eigenvalue weighted by atomic mass is 10.1. The van der Waals surface area contributed by atoms with Gasteiger partial charge >= 0.3 is 0 Å². The average molecular weight is 358 g/mol. The average Bonchev–Trinajstić information content (AvgIpc) is 3.13. The van der Waals surface area contributed by atoms with Crippen LogP contribution in [0.3, 0.4) is 0 Å². The second-order valence-corrected chi connectivity index (χ2v) is 7.47. The molecule has 8 heteroatoms. The van der Waals surface area contributed by atoms with Gasteiger partial charge in [0.15, 0.2) is 5.65 Å². The summed E-state index contributed by atoms with van der Waals surface area (Å²) >= 11 is 1.42. The molecule has 3 aromatic rings. The number of aromatic nitrogens is 5. The Morgan fingerprint density at radius 2 is 2.04 bits per heavy atom. The lowest BCUT2D eigenvalue weighted by Gasteiger charge is -2.10. The number of nitrogens with zero attached hydrogens (tertiary/aromatic N) is 5. The molecule has 25 heavy (non-hydrogen) atoms. The van der Waals surface area contributed by atoms with Crippen LogP contribution in [0.5, 0.6) is 0 Å². The van der Waals surface area contributed by atoms with Crippen LogP contribution in [0.15, 0.2) is 6.07 Å². The number of fused-ring (bicyclic) bond motifs is 1. The van der Waals surface area contributed by atoms with Gasteiger partial charge in [-0.15, -0.1) is 10.2 Å². The molecule has 3 aromatic heterocycles. The first-order valence-corrected chi connectivity index (χ1v) is 9.12. The third-order valence-corrected chi connectivity index (χ3v) is 5.21. The Kier molecular flexibility index (Phi) is 4.80. The van der Waals surface area contributed by atoms with Crippen LogP contribution in [0.4, 0.5) is 5.13 Å². The van der Waals surface area contributed by atoms with Crippen LogP contribution in [0.1, 0.15) is 53.8 Å². The first kappa shape index (κ1) is 17.5. The predicted molar refractivity (Wildman–Crippen MR) is 98.1 cm³/mol. The molecule has 0 bridgehead atoms. The Hall–Kier alpha value is -2.35. The maximum absolute atomic E-state index is 12.2. The van der Waals surface area contributed by atoms with Crippen molar-refractivity contribution in [2.24, 2.45) is 0 Å². The number of aryl methyl sites for hydroxylation is 3. The van der Waals surface area contributed by atoms with E-state index in [4.69, 9.17) is 0 Å². The van der Waals surface area contributed by atoms with Crippen LogP contribution in [0, 0.1) is 20.8 Å². The molecular formula is C17H22N6OS. The van der Waals surface area contributed by atoms with E-state index in [1.54, 1.807) is 0 Å². The number of carbonyl (C=O) groups is 1. The Morgan fingerprint density at radius 3 is 2.72 bits per heavy atom. The van der Waals surface area contributed by atoms with Crippen LogP contribution in [-0.4, -0.2) is 30.7 Å². The van der Waals surface area contributed by atoms with Crippen molar-refractivity contribution in [2.45, 2.75) is 53.4 Å². The summed E-state index contributed by atoms with van der Waals surface area (Å²) in [5.41, 5.74) is 4.81. The van der Waals surface area contributed by atoms with Crippen molar-refractivity contribution in [2.75, 3.05) is 5.32 Å². The highest BCUT2D eigenvalue weighted by Crippen LogP contribution is 2.23. The van der Waals surface area contributed by atoms with Gasteiger partial charge in [0.05, 0.1) is 5.69 Å². The van der Waals surface area contributed by atoms with Crippen molar-refractivity contribution in [1.82, 2.24) is 24.8 Å². The summed E-state index contributed by atoms with van der Waals surface area (Å²) < 4.78 is 1.84. The molecule has 0 saturated heterocycles. The molecule has 3 rings (SSSR count). The number of amides is 1. The molecule has 7 nitrogen and oxygen atoms in total. The molecule has 0 aliphatic rings. The van der Waals surface area contributed by atoms with Crippen LogP contribution >= 0.6 is 11.3 Å². The second-order valence-electron chi connectivity index (χ2n) is 6.47. The lowest BCUT2D eigenvalue weighted by Crippen LogP contribution is -2.14. The fraction of sp³-hybridized carbons (Fsp3) is 0.471. The highest BCUT2D eigenvalue weighted by Gasteiger charge is 2.14. The minimum Gasteiger partial charge on any atom is -0.301 e. The Bertz CT molecular complexity index is 927. The van der Waals surface area contributed by atoms with Gasteiger partial charge in [-0.3, -0.25) is 4.79 Å². The van der Waals surface area contributed by atoms with E-state index in [2.05, 4.69) is 39.4 Å². The summed E-state index contributed by atoms with van der Waals surface area (Å²) in [6.45, 7) is 10.0. The Morgan fingerprint density at radius 1 is 1.28 bits per heavy atom. The molecule has 1 amide bonds. The first-order valence-electron chi connectivity index (χ1n) is 8.31. The number of nitrogens with one attached hydrogen (secondary N) is 1. The summed E-state index contributed by atoms with van der Waals surface area (Å²) in [5, 5.41) is 16.9. The highest BCUT2D eigenvalue weighted by atomic mass is 32.1. The molecule has 0 radical (unpaired) electrons. The maximum atomic E-state index is 12.2. The molecule has 0 aromatic carbocycles. The Labute approximate surface area is 150 Å². The zero-order valence-corrected chi connectivity index (χ0v) is 15.9. The number of hydrogen-bond acceptors (Lipinski definition) is 6. The molecule has 0 atom stereocenters. The molecule has 0 aliphatic carbocycles. The van der Waals surface area contributed by atoms with Crippen LogP contribution < -0.4 is 5.32 Å². The first-order chi connectivity index (χ1) is 11.8. The summed E-state index contributed by atoms with van der Waals surface area (Å²) in [6.07, 6.45) is 0.979. The van der Waals surface area contributed by atoms with E-state index in [1.165, 1.54) is 11.3 Å². The van der Waals surface area contributed by atoms with Gasteiger partial charge in [-0.25, -0.2) is 9.50 Å². The van der Waals surface area contributed by atoms with Crippen molar-refractivity contribution in [3.63, 3.8) is 0 Å². The van der Waals surface area contributed by atoms with E-state index in [9.17, 15) is 4.79 Å². The predicted octanol–water partition coefficient (Wildman–Crippen LogP) is 3.20. The normalized spacial score (nSPS) is 11.4. The molecule has 1 N–H and O–H groups in total. The molecule has 0 fully saturated rings. The summed E-state index contributed by atoms with van der Waals surface area (Å²) in [5.74, 6) is 0.241. The van der Waals surface area contributed by atoms with Crippen molar-refractivity contribution >= 4 is 28.0 Å². The van der Waals surface area contributed by atoms with Crippen molar-refractivity contribution in [1.29, 1.82) is 0 Å². The van der Waals surface area contributed by atoms with Crippen molar-refractivity contribution in [3.8, 4) is 0 Å². The van der Waals surface area contributed by atoms with Gasteiger partial charge in [0.25, 0.3) is 0 Å². The fourth-order valence-corrected chi connectivity index (χ4v) is 3.50. The zero-order valence-electron chi connectivity index (χ0n) is 15.1. The topological polar surface area (TPSA) is 85.1 Å². The standard InChI is InChI=1S/C17H22N6OS/c1-9(2)16-20-21-17(25-16)19-15(24)7-6-13-11(4)18-14-8-10(3)22-23(14)12(13)5/h8-9H,6-7H2,1-5H3,(H,19,21,24). The minimum absolute atomic E-state index is 0.0676. The third kappa shape index (κ3) is 3.68. The number of anilines is 1. The van der Waals surface area contributed by atoms with Crippen molar-refractivity contribution in [3.05, 3.63) is 33.7 Å². The van der Waals surface area contributed by atoms with Gasteiger partial charge in [-0.05, 0) is 32.8 Å². The molecule has 3 heterocycles. The van der Waals surface area contributed by atoms with Gasteiger partial charge in [-0.1, -0.05) is 25.2 Å². The monoisotopic (exact) mass is 358 g/mol. The van der Waals surface area contributed by atoms with Crippen LogP contribution in [0.2, 0.25) is 0 Å². The van der Waals surface area contributed by atoms with Crippen LogP contribution in [0.25, 0.3) is 5.65 Å². The van der Waals surface area contributed by atoms with Gasteiger partial charge in [-0.2, -0.15) is 5.10 Å². The largest absolute Gasteiger partial charge is 0.301 e. The van der Waals surface area contributed by atoms with E-state index in [-0.39, 0.29) is 5.91 Å². The molecule has 0 unspecified atom stereocenters. The summed E-state index contributed by atoms with van der Waals surface area (Å²) in [6, 6.07) is 1.96. The van der Waals surface area contributed by atoms with Gasteiger partial charge in [0.2, 0.25) is 11.0 Å². The SMILES string of the molecule is Cc1cc2nc(C)c(CCC(=O)Nc3nnc(C(C)C)s3)c(C)n2n1. The Balaban J connectivity index is 1.70.